The first-order valence-corrected chi connectivity index (χ1v) is 29.0. The van der Waals surface area contributed by atoms with Gasteiger partial charge < -0.3 is 14.2 Å². The number of carbonyl (C=O) groups is 3. The van der Waals surface area contributed by atoms with Crippen LogP contribution in [0.2, 0.25) is 0 Å². The summed E-state index contributed by atoms with van der Waals surface area (Å²) in [7, 11) is 0. The third-order valence-electron chi connectivity index (χ3n) is 11.9. The average molecular weight is 984 g/mol. The summed E-state index contributed by atoms with van der Waals surface area (Å²) in [5.41, 5.74) is 0. The lowest BCUT2D eigenvalue weighted by Crippen LogP contribution is -2.30. The van der Waals surface area contributed by atoms with Crippen LogP contribution in [0.15, 0.2) is 122 Å². The molecule has 0 bridgehead atoms. The van der Waals surface area contributed by atoms with Crippen LogP contribution in [0.1, 0.15) is 252 Å². The van der Waals surface area contributed by atoms with E-state index in [1.807, 2.05) is 12.2 Å². The SMILES string of the molecule is CCCCC/C=C\C/C=C\C/C=C\C/C=C\C/C=C\CCC(=O)O[C@H](COC(=O)CCC/C=C\C/C=C\C/C=C\C/C=C\CCCCC)COC(=O)CCCCCCCCC/C=C\CCCCCCCC. The summed E-state index contributed by atoms with van der Waals surface area (Å²) in [5, 5.41) is 0. The maximum atomic E-state index is 12.8. The van der Waals surface area contributed by atoms with Gasteiger partial charge in [-0.25, -0.2) is 0 Å². The molecule has 0 aliphatic rings. The van der Waals surface area contributed by atoms with E-state index in [2.05, 4.69) is 130 Å². The van der Waals surface area contributed by atoms with Crippen LogP contribution in [0.3, 0.4) is 0 Å². The van der Waals surface area contributed by atoms with E-state index in [0.717, 1.165) is 70.6 Å². The van der Waals surface area contributed by atoms with Crippen LogP contribution in [-0.4, -0.2) is 37.2 Å². The van der Waals surface area contributed by atoms with Gasteiger partial charge in [0.1, 0.15) is 13.2 Å². The first-order valence-electron chi connectivity index (χ1n) is 29.0. The number of esters is 3. The fourth-order valence-electron chi connectivity index (χ4n) is 7.53. The molecule has 0 N–H and O–H groups in total. The number of hydrogen-bond acceptors (Lipinski definition) is 6. The lowest BCUT2D eigenvalue weighted by atomic mass is 10.1. The average Bonchev–Trinajstić information content (AvgIpc) is 3.37. The van der Waals surface area contributed by atoms with Crippen molar-refractivity contribution in [2.45, 2.75) is 258 Å². The molecule has 0 fully saturated rings. The molecule has 0 rings (SSSR count). The summed E-state index contributed by atoms with van der Waals surface area (Å²) in [5.74, 6) is -1.08. The van der Waals surface area contributed by atoms with Crippen LogP contribution in [-0.2, 0) is 28.6 Å². The minimum absolute atomic E-state index is 0.130. The highest BCUT2D eigenvalue weighted by Gasteiger charge is 2.19. The topological polar surface area (TPSA) is 78.9 Å². The summed E-state index contributed by atoms with van der Waals surface area (Å²) in [6.07, 6.45) is 80.6. The Morgan fingerprint density at radius 2 is 0.549 bits per heavy atom. The zero-order chi connectivity index (χ0) is 51.4. The molecule has 0 aliphatic heterocycles. The molecular formula is C65H106O6. The molecule has 71 heavy (non-hydrogen) atoms. The van der Waals surface area contributed by atoms with E-state index in [0.29, 0.717) is 19.3 Å². The summed E-state index contributed by atoms with van der Waals surface area (Å²) in [4.78, 5) is 38.1. The monoisotopic (exact) mass is 983 g/mol. The fraction of sp³-hybridized carbons (Fsp3) is 0.646. The Labute approximate surface area is 437 Å². The maximum Gasteiger partial charge on any atom is 0.306 e. The van der Waals surface area contributed by atoms with E-state index in [-0.39, 0.29) is 38.0 Å². The summed E-state index contributed by atoms with van der Waals surface area (Å²) in [6, 6.07) is 0. The van der Waals surface area contributed by atoms with Gasteiger partial charge in [-0.05, 0) is 122 Å². The molecular weight excluding hydrogens is 877 g/mol. The zero-order valence-corrected chi connectivity index (χ0v) is 45.9. The number of unbranched alkanes of at least 4 members (excludes halogenated alkanes) is 20. The second-order valence-electron chi connectivity index (χ2n) is 18.8. The van der Waals surface area contributed by atoms with Crippen molar-refractivity contribution in [3.63, 3.8) is 0 Å². The van der Waals surface area contributed by atoms with Crippen molar-refractivity contribution in [2.24, 2.45) is 0 Å². The molecule has 0 aromatic heterocycles. The molecule has 1 atom stereocenters. The number of hydrogen-bond donors (Lipinski definition) is 0. The van der Waals surface area contributed by atoms with Crippen LogP contribution in [0.25, 0.3) is 0 Å². The van der Waals surface area contributed by atoms with Crippen molar-refractivity contribution < 1.29 is 28.6 Å². The molecule has 0 radical (unpaired) electrons. The maximum absolute atomic E-state index is 12.8. The molecule has 6 nitrogen and oxygen atoms in total. The van der Waals surface area contributed by atoms with E-state index in [1.165, 1.54) is 128 Å². The summed E-state index contributed by atoms with van der Waals surface area (Å²) < 4.78 is 16.7. The van der Waals surface area contributed by atoms with Gasteiger partial charge in [0.15, 0.2) is 6.10 Å². The Morgan fingerprint density at radius 1 is 0.282 bits per heavy atom. The number of ether oxygens (including phenoxy) is 3. The highest BCUT2D eigenvalue weighted by Crippen LogP contribution is 2.13. The molecule has 0 aliphatic carbocycles. The Kier molecular flexibility index (Phi) is 54.9. The molecule has 0 unspecified atom stereocenters. The number of allylic oxidation sites excluding steroid dienone is 20. The molecule has 0 saturated heterocycles. The molecule has 0 amide bonds. The molecule has 0 aromatic carbocycles. The Hall–Kier alpha value is -4.19. The van der Waals surface area contributed by atoms with Crippen molar-refractivity contribution in [3.8, 4) is 0 Å². The van der Waals surface area contributed by atoms with Gasteiger partial charge in [-0.2, -0.15) is 0 Å². The normalized spacial score (nSPS) is 13.0. The molecule has 6 heteroatoms. The Balaban J connectivity index is 4.60. The highest BCUT2D eigenvalue weighted by molar-refractivity contribution is 5.71. The van der Waals surface area contributed by atoms with Crippen LogP contribution in [0.4, 0.5) is 0 Å². The van der Waals surface area contributed by atoms with Gasteiger partial charge >= 0.3 is 17.9 Å². The van der Waals surface area contributed by atoms with Gasteiger partial charge in [-0.1, -0.05) is 232 Å². The third kappa shape index (κ3) is 56.6. The van der Waals surface area contributed by atoms with Crippen molar-refractivity contribution in [1.82, 2.24) is 0 Å². The van der Waals surface area contributed by atoms with Gasteiger partial charge in [0.25, 0.3) is 0 Å². The van der Waals surface area contributed by atoms with Crippen LogP contribution in [0, 0.1) is 0 Å². The minimum atomic E-state index is -0.845. The molecule has 402 valence electrons. The van der Waals surface area contributed by atoms with Crippen molar-refractivity contribution in [3.05, 3.63) is 122 Å². The van der Waals surface area contributed by atoms with E-state index < -0.39 is 12.1 Å². The van der Waals surface area contributed by atoms with Gasteiger partial charge in [-0.3, -0.25) is 14.4 Å². The minimum Gasteiger partial charge on any atom is -0.462 e. The number of rotatable bonds is 51. The highest BCUT2D eigenvalue weighted by atomic mass is 16.6. The van der Waals surface area contributed by atoms with Gasteiger partial charge in [-0.15, -0.1) is 0 Å². The zero-order valence-electron chi connectivity index (χ0n) is 45.9. The predicted octanol–water partition coefficient (Wildman–Crippen LogP) is 19.6. The van der Waals surface area contributed by atoms with E-state index >= 15 is 0 Å². The van der Waals surface area contributed by atoms with E-state index in [1.54, 1.807) is 0 Å². The predicted molar refractivity (Wildman–Crippen MR) is 306 cm³/mol. The first-order chi connectivity index (χ1) is 35.0. The standard InChI is InChI=1S/C65H106O6/c1-4-7-10-13-16-19-22-25-28-31-32-35-38-41-44-47-50-53-56-59-65(68)71-62(60-69-63(66)57-54-51-48-45-42-39-36-33-29-26-23-20-17-14-11-8-5-2)61-70-64(67)58-55-52-49-46-43-40-37-34-30-27-24-21-18-15-12-9-6-3/h16-17,19-20,25-30,32,35-36,39,41,44-45,48,50,53,62H,4-15,18,21-24,31,33-34,37-38,40,42-43,46-47,49,51-52,54-61H2,1-3H3/b19-16-,20-17-,28-25-,29-26-,30-27-,35-32-,39-36-,44-41-,48-45-,53-50-/t62-/m1/s1. The van der Waals surface area contributed by atoms with Crippen LogP contribution in [0.5, 0.6) is 0 Å². The summed E-state index contributed by atoms with van der Waals surface area (Å²) in [6.45, 7) is 6.46. The van der Waals surface area contributed by atoms with E-state index in [4.69, 9.17) is 14.2 Å². The fourth-order valence-corrected chi connectivity index (χ4v) is 7.53. The first kappa shape index (κ1) is 66.8. The second-order valence-corrected chi connectivity index (χ2v) is 18.8. The largest absolute Gasteiger partial charge is 0.462 e. The summed E-state index contributed by atoms with van der Waals surface area (Å²) >= 11 is 0. The second kappa shape index (κ2) is 58.4. The van der Waals surface area contributed by atoms with Gasteiger partial charge in [0.05, 0.1) is 0 Å². The smallest absolute Gasteiger partial charge is 0.306 e. The van der Waals surface area contributed by atoms with Crippen molar-refractivity contribution in [2.75, 3.05) is 13.2 Å². The van der Waals surface area contributed by atoms with Crippen LogP contribution < -0.4 is 0 Å². The number of carbonyl (C=O) groups excluding carboxylic acids is 3. The molecule has 0 heterocycles. The lowest BCUT2D eigenvalue weighted by molar-refractivity contribution is -0.166. The van der Waals surface area contributed by atoms with Gasteiger partial charge in [0.2, 0.25) is 0 Å². The lowest BCUT2D eigenvalue weighted by Gasteiger charge is -2.18. The van der Waals surface area contributed by atoms with Crippen molar-refractivity contribution >= 4 is 17.9 Å². The quantitative estimate of drug-likeness (QED) is 0.0261. The van der Waals surface area contributed by atoms with Gasteiger partial charge in [0, 0.05) is 19.3 Å². The third-order valence-corrected chi connectivity index (χ3v) is 11.9. The van der Waals surface area contributed by atoms with Crippen molar-refractivity contribution in [1.29, 1.82) is 0 Å². The Bertz CT molecular complexity index is 1500. The Morgan fingerprint density at radius 3 is 0.944 bits per heavy atom. The molecule has 0 saturated carbocycles. The molecule has 0 aromatic rings. The molecule has 0 spiro atoms. The van der Waals surface area contributed by atoms with E-state index in [9.17, 15) is 14.4 Å². The van der Waals surface area contributed by atoms with Crippen LogP contribution >= 0.6 is 0 Å².